The highest BCUT2D eigenvalue weighted by molar-refractivity contribution is 5.89. The first-order valence-electron chi connectivity index (χ1n) is 10.5. The van der Waals surface area contributed by atoms with E-state index in [1.807, 2.05) is 4.90 Å². The Kier molecular flexibility index (Phi) is 6.89. The van der Waals surface area contributed by atoms with Crippen molar-refractivity contribution in [3.63, 3.8) is 0 Å². The molecule has 1 aromatic carbocycles. The van der Waals surface area contributed by atoms with Crippen molar-refractivity contribution in [1.82, 2.24) is 15.1 Å². The van der Waals surface area contributed by atoms with Crippen LogP contribution in [0.1, 0.15) is 50.7 Å². The van der Waals surface area contributed by atoms with Crippen molar-refractivity contribution in [2.45, 2.75) is 58.5 Å². The molecule has 148 valence electrons. The van der Waals surface area contributed by atoms with Crippen LogP contribution in [0, 0.1) is 5.92 Å². The Morgan fingerprint density at radius 3 is 2.70 bits per heavy atom. The minimum Gasteiger partial charge on any atom is -0.356 e. The van der Waals surface area contributed by atoms with E-state index >= 15 is 0 Å². The molecule has 1 saturated heterocycles. The van der Waals surface area contributed by atoms with E-state index in [-0.39, 0.29) is 23.8 Å². The Hall–Kier alpha value is -1.88. The van der Waals surface area contributed by atoms with Crippen molar-refractivity contribution in [3.05, 3.63) is 35.4 Å². The van der Waals surface area contributed by atoms with Gasteiger partial charge in [0.25, 0.3) is 0 Å². The maximum atomic E-state index is 12.4. The van der Waals surface area contributed by atoms with Gasteiger partial charge in [0.15, 0.2) is 0 Å². The van der Waals surface area contributed by atoms with Crippen LogP contribution in [0.25, 0.3) is 0 Å². The smallest absolute Gasteiger partial charge is 0.225 e. The van der Waals surface area contributed by atoms with Gasteiger partial charge in [0.2, 0.25) is 11.8 Å². The van der Waals surface area contributed by atoms with Crippen molar-refractivity contribution < 1.29 is 9.59 Å². The number of hydrogen-bond acceptors (Lipinski definition) is 3. The Labute approximate surface area is 163 Å². The second-order valence-electron chi connectivity index (χ2n) is 7.86. The molecule has 27 heavy (non-hydrogen) atoms. The molecule has 1 fully saturated rings. The van der Waals surface area contributed by atoms with Gasteiger partial charge in [-0.25, -0.2) is 0 Å². The molecule has 0 aromatic heterocycles. The van der Waals surface area contributed by atoms with E-state index in [2.05, 4.69) is 48.3 Å². The van der Waals surface area contributed by atoms with Gasteiger partial charge in [0.05, 0.1) is 5.92 Å². The third kappa shape index (κ3) is 4.89. The molecule has 1 unspecified atom stereocenters. The number of hydrogen-bond donors (Lipinski definition) is 1. The number of carbonyl (C=O) groups excluding carboxylic acids is 2. The van der Waals surface area contributed by atoms with Crippen molar-refractivity contribution in [1.29, 1.82) is 0 Å². The lowest BCUT2D eigenvalue weighted by molar-refractivity contribution is -0.130. The third-order valence-electron chi connectivity index (χ3n) is 6.07. The summed E-state index contributed by atoms with van der Waals surface area (Å²) in [5, 5.41) is 3.05. The normalized spacial score (nSPS) is 20.2. The highest BCUT2D eigenvalue weighted by Crippen LogP contribution is 2.23. The highest BCUT2D eigenvalue weighted by Gasteiger charge is 2.36. The number of carbonyl (C=O) groups is 2. The highest BCUT2D eigenvalue weighted by atomic mass is 16.2. The van der Waals surface area contributed by atoms with Gasteiger partial charge in [-0.3, -0.25) is 14.5 Å². The lowest BCUT2D eigenvalue weighted by atomic mass is 10.00. The number of benzene rings is 1. The summed E-state index contributed by atoms with van der Waals surface area (Å²) in [5.41, 5.74) is 2.90. The molecule has 0 bridgehead atoms. The lowest BCUT2D eigenvalue weighted by Gasteiger charge is -2.28. The average molecular weight is 372 g/mol. The number of rotatable bonds is 8. The summed E-state index contributed by atoms with van der Waals surface area (Å²) in [4.78, 5) is 29.0. The number of nitrogens with one attached hydrogen (secondary N) is 1. The van der Waals surface area contributed by atoms with Crippen LogP contribution in [0.5, 0.6) is 0 Å². The van der Waals surface area contributed by atoms with Crippen LogP contribution in [0.3, 0.4) is 0 Å². The summed E-state index contributed by atoms with van der Waals surface area (Å²) in [6.45, 7) is 8.57. The van der Waals surface area contributed by atoms with Gasteiger partial charge in [-0.15, -0.1) is 0 Å². The molecule has 1 N–H and O–H groups in total. The molecule has 1 aromatic rings. The molecule has 1 atom stereocenters. The summed E-state index contributed by atoms with van der Waals surface area (Å²) in [6, 6.07) is 8.93. The van der Waals surface area contributed by atoms with Crippen molar-refractivity contribution in [3.8, 4) is 0 Å². The Balaban J connectivity index is 1.37. The zero-order chi connectivity index (χ0) is 19.2. The molecule has 5 heteroatoms. The van der Waals surface area contributed by atoms with Crippen LogP contribution in [-0.4, -0.2) is 53.8 Å². The minimum atomic E-state index is -0.181. The first-order chi connectivity index (χ1) is 13.1. The first-order valence-corrected chi connectivity index (χ1v) is 10.5. The Morgan fingerprint density at radius 1 is 1.22 bits per heavy atom. The molecule has 0 saturated carbocycles. The van der Waals surface area contributed by atoms with Gasteiger partial charge < -0.3 is 10.2 Å². The largest absolute Gasteiger partial charge is 0.356 e. The molecule has 0 aliphatic carbocycles. The van der Waals surface area contributed by atoms with Gasteiger partial charge in [0.1, 0.15) is 0 Å². The molecule has 2 amide bonds. The SMILES string of the molecule is CCC(CC)N1CC(C(=O)NCCCN2CCc3ccccc3C2)CC1=O. The molecule has 0 radical (unpaired) electrons. The van der Waals surface area contributed by atoms with Crippen molar-refractivity contribution in [2.75, 3.05) is 26.2 Å². The maximum Gasteiger partial charge on any atom is 0.225 e. The zero-order valence-corrected chi connectivity index (χ0v) is 16.7. The fourth-order valence-electron chi connectivity index (χ4n) is 4.39. The lowest BCUT2D eigenvalue weighted by Crippen LogP contribution is -2.38. The quantitative estimate of drug-likeness (QED) is 0.715. The van der Waals surface area contributed by atoms with Gasteiger partial charge in [-0.1, -0.05) is 38.1 Å². The molecule has 5 nitrogen and oxygen atoms in total. The van der Waals surface area contributed by atoms with Crippen LogP contribution < -0.4 is 5.32 Å². The van der Waals surface area contributed by atoms with Gasteiger partial charge >= 0.3 is 0 Å². The Morgan fingerprint density at radius 2 is 1.96 bits per heavy atom. The molecular weight excluding hydrogens is 338 g/mol. The van der Waals surface area contributed by atoms with Gasteiger partial charge in [-0.05, 0) is 36.8 Å². The van der Waals surface area contributed by atoms with Crippen LogP contribution in [0.2, 0.25) is 0 Å². The second kappa shape index (κ2) is 9.36. The van der Waals surface area contributed by atoms with Gasteiger partial charge in [-0.2, -0.15) is 0 Å². The van der Waals surface area contributed by atoms with E-state index in [9.17, 15) is 9.59 Å². The third-order valence-corrected chi connectivity index (χ3v) is 6.07. The monoisotopic (exact) mass is 371 g/mol. The molecule has 2 heterocycles. The topological polar surface area (TPSA) is 52.7 Å². The summed E-state index contributed by atoms with van der Waals surface area (Å²) < 4.78 is 0. The van der Waals surface area contributed by atoms with Crippen LogP contribution in [0.4, 0.5) is 0 Å². The molecule has 2 aliphatic heterocycles. The predicted octanol–water partition coefficient (Wildman–Crippen LogP) is 2.59. The summed E-state index contributed by atoms with van der Waals surface area (Å²) in [7, 11) is 0. The van der Waals surface area contributed by atoms with Crippen molar-refractivity contribution >= 4 is 11.8 Å². The van der Waals surface area contributed by atoms with Crippen LogP contribution in [0.15, 0.2) is 24.3 Å². The average Bonchev–Trinajstić information content (AvgIpc) is 3.08. The van der Waals surface area contributed by atoms with E-state index in [4.69, 9.17) is 0 Å². The van der Waals surface area contributed by atoms with E-state index in [0.29, 0.717) is 19.5 Å². The van der Waals surface area contributed by atoms with E-state index in [1.54, 1.807) is 0 Å². The first kappa shape index (κ1) is 19.9. The summed E-state index contributed by atoms with van der Waals surface area (Å²) >= 11 is 0. The zero-order valence-electron chi connectivity index (χ0n) is 16.7. The second-order valence-corrected chi connectivity index (χ2v) is 7.86. The molecular formula is C22H33N3O2. The molecule has 0 spiro atoms. The standard InChI is InChI=1S/C22H33N3O2/c1-3-20(4-2)25-16-19(14-21(25)26)22(27)23-11-7-12-24-13-10-17-8-5-6-9-18(17)15-24/h5-6,8-9,19-20H,3-4,7,10-16H2,1-2H3,(H,23,27). The number of amides is 2. The van der Waals surface area contributed by atoms with Crippen LogP contribution in [-0.2, 0) is 22.6 Å². The number of nitrogens with zero attached hydrogens (tertiary/aromatic N) is 2. The van der Waals surface area contributed by atoms with E-state index in [0.717, 1.165) is 45.3 Å². The predicted molar refractivity (Wildman–Crippen MR) is 107 cm³/mol. The minimum absolute atomic E-state index is 0.0424. The van der Waals surface area contributed by atoms with E-state index < -0.39 is 0 Å². The van der Waals surface area contributed by atoms with Gasteiger partial charge in [0, 0.05) is 45.2 Å². The summed E-state index contributed by atoms with van der Waals surface area (Å²) in [5.74, 6) is -0.00316. The molecule has 2 aliphatic rings. The summed E-state index contributed by atoms with van der Waals surface area (Å²) in [6.07, 6.45) is 4.33. The number of likely N-dealkylation sites (tertiary alicyclic amines) is 1. The van der Waals surface area contributed by atoms with E-state index in [1.165, 1.54) is 11.1 Å². The van der Waals surface area contributed by atoms with Crippen LogP contribution >= 0.6 is 0 Å². The fourth-order valence-corrected chi connectivity index (χ4v) is 4.39. The number of fused-ring (bicyclic) bond motifs is 1. The molecule has 3 rings (SSSR count). The maximum absolute atomic E-state index is 12.4. The Bertz CT molecular complexity index is 657. The van der Waals surface area contributed by atoms with Crippen molar-refractivity contribution in [2.24, 2.45) is 5.92 Å². The fraction of sp³-hybridized carbons (Fsp3) is 0.636.